The maximum atomic E-state index is 10.9. The fourth-order valence-corrected chi connectivity index (χ4v) is 2.53. The van der Waals surface area contributed by atoms with Gasteiger partial charge in [0, 0.05) is 25.4 Å². The Morgan fingerprint density at radius 1 is 1.58 bits per heavy atom. The highest BCUT2D eigenvalue weighted by molar-refractivity contribution is 5.88. The van der Waals surface area contributed by atoms with Crippen LogP contribution in [0, 0.1) is 6.92 Å². The number of carboxylic acid groups (broad SMARTS) is 1. The molecular formula is C13H19N3O3. The van der Waals surface area contributed by atoms with E-state index in [2.05, 4.69) is 14.9 Å². The van der Waals surface area contributed by atoms with E-state index in [1.165, 1.54) is 6.20 Å². The van der Waals surface area contributed by atoms with Gasteiger partial charge in [0.05, 0.1) is 11.3 Å². The highest BCUT2D eigenvalue weighted by atomic mass is 16.4. The van der Waals surface area contributed by atoms with Crippen molar-refractivity contribution in [3.05, 3.63) is 17.5 Å². The van der Waals surface area contributed by atoms with E-state index in [1.54, 1.807) is 6.92 Å². The van der Waals surface area contributed by atoms with E-state index in [0.29, 0.717) is 17.7 Å². The van der Waals surface area contributed by atoms with Gasteiger partial charge in [0.2, 0.25) is 5.95 Å². The smallest absolute Gasteiger partial charge is 0.339 e. The van der Waals surface area contributed by atoms with Crippen molar-refractivity contribution in [1.29, 1.82) is 0 Å². The summed E-state index contributed by atoms with van der Waals surface area (Å²) in [6.45, 7) is 2.78. The molecule has 0 bridgehead atoms. The summed E-state index contributed by atoms with van der Waals surface area (Å²) < 4.78 is 0. The van der Waals surface area contributed by atoms with Crippen LogP contribution in [0.15, 0.2) is 6.20 Å². The number of aromatic carboxylic acids is 1. The quantitative estimate of drug-likeness (QED) is 0.832. The van der Waals surface area contributed by atoms with E-state index in [1.807, 2.05) is 0 Å². The molecule has 6 heteroatoms. The highest BCUT2D eigenvalue weighted by Gasteiger charge is 2.26. The second-order valence-corrected chi connectivity index (χ2v) is 4.83. The molecule has 1 aromatic rings. The van der Waals surface area contributed by atoms with Gasteiger partial charge in [-0.05, 0) is 32.6 Å². The lowest BCUT2D eigenvalue weighted by Crippen LogP contribution is -2.31. The predicted molar refractivity (Wildman–Crippen MR) is 70.4 cm³/mol. The Bertz CT molecular complexity index is 464. The van der Waals surface area contributed by atoms with Crippen LogP contribution >= 0.6 is 0 Å². The average molecular weight is 265 g/mol. The summed E-state index contributed by atoms with van der Waals surface area (Å²) in [6.07, 6.45) is 5.22. The molecule has 6 nitrogen and oxygen atoms in total. The molecule has 0 aromatic carbocycles. The monoisotopic (exact) mass is 265 g/mol. The Hall–Kier alpha value is -1.69. The number of aromatic nitrogens is 2. The molecule has 0 radical (unpaired) electrons. The van der Waals surface area contributed by atoms with Crippen LogP contribution in [0.5, 0.6) is 0 Å². The van der Waals surface area contributed by atoms with Crippen molar-refractivity contribution < 1.29 is 15.0 Å². The third-order valence-corrected chi connectivity index (χ3v) is 3.53. The minimum atomic E-state index is -0.998. The van der Waals surface area contributed by atoms with Crippen LogP contribution in [0.2, 0.25) is 0 Å². The molecule has 19 heavy (non-hydrogen) atoms. The van der Waals surface area contributed by atoms with E-state index in [9.17, 15) is 4.79 Å². The molecule has 1 aromatic heterocycles. The summed E-state index contributed by atoms with van der Waals surface area (Å²) in [5, 5.41) is 17.9. The van der Waals surface area contributed by atoms with Crippen LogP contribution in [0.3, 0.4) is 0 Å². The van der Waals surface area contributed by atoms with Crippen LogP contribution in [-0.2, 0) is 0 Å². The molecule has 1 aliphatic rings. The fraction of sp³-hybridized carbons (Fsp3) is 0.615. The second kappa shape index (κ2) is 5.97. The normalized spacial score (nSPS) is 18.8. The first-order valence-corrected chi connectivity index (χ1v) is 6.58. The van der Waals surface area contributed by atoms with Crippen molar-refractivity contribution in [2.75, 3.05) is 18.1 Å². The molecule has 0 saturated carbocycles. The van der Waals surface area contributed by atoms with Crippen LogP contribution in [-0.4, -0.2) is 45.3 Å². The van der Waals surface area contributed by atoms with Gasteiger partial charge >= 0.3 is 5.97 Å². The zero-order valence-corrected chi connectivity index (χ0v) is 11.0. The molecule has 1 atom stereocenters. The molecule has 0 aliphatic carbocycles. The van der Waals surface area contributed by atoms with Crippen LogP contribution in [0.1, 0.15) is 41.7 Å². The molecule has 104 valence electrons. The maximum absolute atomic E-state index is 10.9. The molecule has 2 heterocycles. The fourth-order valence-electron chi connectivity index (χ4n) is 2.53. The highest BCUT2D eigenvalue weighted by Crippen LogP contribution is 2.25. The summed E-state index contributed by atoms with van der Waals surface area (Å²) in [5.41, 5.74) is 0.639. The van der Waals surface area contributed by atoms with Gasteiger partial charge in [-0.1, -0.05) is 0 Å². The number of hydrogen-bond donors (Lipinski definition) is 2. The minimum absolute atomic E-state index is 0.148. The van der Waals surface area contributed by atoms with Crippen molar-refractivity contribution in [3.8, 4) is 0 Å². The summed E-state index contributed by atoms with van der Waals surface area (Å²) in [5.74, 6) is -0.398. The molecule has 1 unspecified atom stereocenters. The van der Waals surface area contributed by atoms with E-state index in [4.69, 9.17) is 10.2 Å². The van der Waals surface area contributed by atoms with E-state index < -0.39 is 5.97 Å². The van der Waals surface area contributed by atoms with Crippen molar-refractivity contribution in [1.82, 2.24) is 9.97 Å². The zero-order valence-electron chi connectivity index (χ0n) is 11.0. The molecule has 1 fully saturated rings. The van der Waals surface area contributed by atoms with Gasteiger partial charge < -0.3 is 15.1 Å². The second-order valence-electron chi connectivity index (χ2n) is 4.83. The van der Waals surface area contributed by atoms with Crippen molar-refractivity contribution >= 4 is 11.9 Å². The molecular weight excluding hydrogens is 246 g/mol. The summed E-state index contributed by atoms with van der Waals surface area (Å²) in [4.78, 5) is 21.5. The van der Waals surface area contributed by atoms with E-state index >= 15 is 0 Å². The van der Waals surface area contributed by atoms with Gasteiger partial charge in [-0.15, -0.1) is 0 Å². The third-order valence-electron chi connectivity index (χ3n) is 3.53. The first kappa shape index (κ1) is 13.7. The Labute approximate surface area is 112 Å². The van der Waals surface area contributed by atoms with E-state index in [-0.39, 0.29) is 12.2 Å². The van der Waals surface area contributed by atoms with Crippen LogP contribution in [0.25, 0.3) is 0 Å². The van der Waals surface area contributed by atoms with Crippen LogP contribution in [0.4, 0.5) is 5.95 Å². The van der Waals surface area contributed by atoms with Crippen LogP contribution < -0.4 is 4.90 Å². The molecule has 2 N–H and O–H groups in total. The summed E-state index contributed by atoms with van der Waals surface area (Å²) >= 11 is 0. The lowest BCUT2D eigenvalue weighted by Gasteiger charge is -2.24. The molecule has 1 saturated heterocycles. The zero-order chi connectivity index (χ0) is 13.8. The number of hydrogen-bond acceptors (Lipinski definition) is 5. The lowest BCUT2D eigenvalue weighted by molar-refractivity contribution is 0.0695. The SMILES string of the molecule is Cc1nc(N2CCCC2CCCO)ncc1C(=O)O. The third kappa shape index (κ3) is 3.01. The topological polar surface area (TPSA) is 86.5 Å². The van der Waals surface area contributed by atoms with E-state index in [0.717, 1.165) is 32.2 Å². The summed E-state index contributed by atoms with van der Waals surface area (Å²) in [6, 6.07) is 0.349. The number of anilines is 1. The standard InChI is InChI=1S/C13H19N3O3/c1-9-11(12(18)19)8-14-13(15-9)16-6-2-4-10(16)5-3-7-17/h8,10,17H,2-7H2,1H3,(H,18,19). The first-order valence-electron chi connectivity index (χ1n) is 6.58. The number of rotatable bonds is 5. The molecule has 0 spiro atoms. The van der Waals surface area contributed by atoms with Crippen molar-refractivity contribution in [2.24, 2.45) is 0 Å². The Kier molecular flexibility index (Phi) is 4.31. The molecule has 2 rings (SSSR count). The number of aliphatic hydroxyl groups is 1. The summed E-state index contributed by atoms with van der Waals surface area (Å²) in [7, 11) is 0. The number of aliphatic hydroxyl groups excluding tert-OH is 1. The Morgan fingerprint density at radius 3 is 3.00 bits per heavy atom. The largest absolute Gasteiger partial charge is 0.478 e. The van der Waals surface area contributed by atoms with Gasteiger partial charge in [-0.3, -0.25) is 0 Å². The number of nitrogens with zero attached hydrogens (tertiary/aromatic N) is 3. The van der Waals surface area contributed by atoms with Gasteiger partial charge in [-0.2, -0.15) is 0 Å². The minimum Gasteiger partial charge on any atom is -0.478 e. The predicted octanol–water partition coefficient (Wildman–Crippen LogP) is 1.22. The average Bonchev–Trinajstić information content (AvgIpc) is 2.83. The van der Waals surface area contributed by atoms with Crippen molar-refractivity contribution in [2.45, 2.75) is 38.6 Å². The van der Waals surface area contributed by atoms with Crippen molar-refractivity contribution in [3.63, 3.8) is 0 Å². The Balaban J connectivity index is 2.16. The van der Waals surface area contributed by atoms with Gasteiger partial charge in [0.25, 0.3) is 0 Å². The number of carboxylic acids is 1. The first-order chi connectivity index (χ1) is 9.13. The molecule has 0 amide bonds. The lowest BCUT2D eigenvalue weighted by atomic mass is 10.1. The number of carbonyl (C=O) groups is 1. The Morgan fingerprint density at radius 2 is 2.37 bits per heavy atom. The van der Waals surface area contributed by atoms with Gasteiger partial charge in [-0.25, -0.2) is 14.8 Å². The van der Waals surface area contributed by atoms with Gasteiger partial charge in [0.15, 0.2) is 0 Å². The van der Waals surface area contributed by atoms with Gasteiger partial charge in [0.1, 0.15) is 0 Å². The molecule has 1 aliphatic heterocycles. The number of aryl methyl sites for hydroxylation is 1. The maximum Gasteiger partial charge on any atom is 0.339 e.